The fourth-order valence-corrected chi connectivity index (χ4v) is 9.07. The molecule has 0 spiro atoms. The number of carbonyl (C=O) groups is 7. The summed E-state index contributed by atoms with van der Waals surface area (Å²) in [5, 5.41) is 117. The molecule has 3 fully saturated rings. The summed E-state index contributed by atoms with van der Waals surface area (Å²) >= 11 is 0. The highest BCUT2D eigenvalue weighted by molar-refractivity contribution is 5.86. The summed E-state index contributed by atoms with van der Waals surface area (Å²) < 4.78 is 38.1. The van der Waals surface area contributed by atoms with Crippen molar-refractivity contribution in [3.05, 3.63) is 35.9 Å². The summed E-state index contributed by atoms with van der Waals surface area (Å²) in [5.41, 5.74) is 0.847. The number of nitrogens with zero attached hydrogens (tertiary/aromatic N) is 2. The maximum Gasteiger partial charge on any atom is 0.407 e. The van der Waals surface area contributed by atoms with Crippen LogP contribution in [0.15, 0.2) is 30.3 Å². The summed E-state index contributed by atoms with van der Waals surface area (Å²) in [5.74, 6) is -4.59. The standard InChI is InChI=1S/C53H88N8O24/c1-30-40(68)43(71)46(74)50(83-30)79-21-18-56-37(64)26-61(27-38(65)57-19-22-80-51-47(75)44(72)41(69)31(2)84-51)34(49(77)58-20-23-81-52-48(76)45(73)42(70)32(3)85-52)14-8-11-16-55-36(63)25-60(28-39(66)67)24-35(62)54-15-9-5-10-17-59-53(78)82-29-33-12-6-4-7-13-33/h4,6-7,12-13,30-32,34,40-48,50-52,68-76H,5,8-11,14-29H2,1-3H3,(H,54,62)(H,55,63)(H,56,64)(H,57,65)(H,58,77)(H,59,78)(H,66,67)/t30-,31-,32-,34-,40+,41+,42+,43+,44+,45+,46-,47-,48-,50+,51+,52+/m0/s1. The monoisotopic (exact) mass is 1220 g/mol. The van der Waals surface area contributed by atoms with Gasteiger partial charge in [-0.3, -0.25) is 38.6 Å². The van der Waals surface area contributed by atoms with Crippen molar-refractivity contribution in [2.75, 3.05) is 91.8 Å². The van der Waals surface area contributed by atoms with Crippen molar-refractivity contribution in [2.24, 2.45) is 0 Å². The normalized spacial score (nSPS) is 28.0. The first-order valence-electron chi connectivity index (χ1n) is 28.4. The predicted molar refractivity (Wildman–Crippen MR) is 292 cm³/mol. The van der Waals surface area contributed by atoms with E-state index in [0.29, 0.717) is 25.8 Å². The fourth-order valence-electron chi connectivity index (χ4n) is 9.07. The lowest BCUT2D eigenvalue weighted by Gasteiger charge is -2.39. The molecule has 16 N–H and O–H groups in total. The Morgan fingerprint density at radius 1 is 0.471 bits per heavy atom. The number of carbonyl (C=O) groups excluding carboxylic acids is 6. The molecule has 1 aromatic rings. The van der Waals surface area contributed by atoms with Gasteiger partial charge < -0.3 is 116 Å². The number of benzene rings is 1. The molecule has 0 unspecified atom stereocenters. The number of ether oxygens (including phenoxy) is 7. The average molecular weight is 1220 g/mol. The first kappa shape index (κ1) is 72.1. The number of alkyl carbamates (subject to hydrolysis) is 1. The SMILES string of the molecule is C[C@@H]1O[C@@H](OCCNC(=O)CN(CC(=O)NCCO[C@@H]2O[C@@H](C)[C@@H](O)[C@@H](O)[C@@H]2O)[C@@H](CCCCNC(=O)CN(CC(=O)O)CC(=O)NCCCCCNC(=O)OCc2ccccc2)C(=O)NCCO[C@@H]2O[C@@H](C)[C@@H](O)[C@@H](O)[C@@H]2O)[C@@H](O)[C@H](O)[C@@H]1O. The number of hydrogen-bond acceptors (Lipinski definition) is 25. The van der Waals surface area contributed by atoms with Gasteiger partial charge in [0.1, 0.15) is 61.5 Å². The van der Waals surface area contributed by atoms with E-state index < -0.39 is 172 Å². The van der Waals surface area contributed by atoms with Gasteiger partial charge in [-0.25, -0.2) is 4.79 Å². The van der Waals surface area contributed by atoms with E-state index in [1.165, 1.54) is 25.7 Å². The predicted octanol–water partition coefficient (Wildman–Crippen LogP) is -6.58. The largest absolute Gasteiger partial charge is 0.480 e. The molecule has 3 aliphatic rings. The van der Waals surface area contributed by atoms with E-state index in [0.717, 1.165) is 10.5 Å². The van der Waals surface area contributed by atoms with E-state index in [1.807, 2.05) is 30.3 Å². The second kappa shape index (κ2) is 38.0. The van der Waals surface area contributed by atoms with Crippen molar-refractivity contribution in [1.29, 1.82) is 0 Å². The zero-order valence-corrected chi connectivity index (χ0v) is 48.1. The Labute approximate surface area is 491 Å². The van der Waals surface area contributed by atoms with Gasteiger partial charge in [-0.2, -0.15) is 0 Å². The molecule has 1 aromatic carbocycles. The Hall–Kier alpha value is -5.37. The van der Waals surface area contributed by atoms with Gasteiger partial charge in [0.25, 0.3) is 0 Å². The van der Waals surface area contributed by atoms with E-state index in [2.05, 4.69) is 31.9 Å². The number of aliphatic hydroxyl groups is 9. The van der Waals surface area contributed by atoms with Gasteiger partial charge in [-0.05, 0) is 64.9 Å². The smallest absolute Gasteiger partial charge is 0.407 e. The van der Waals surface area contributed by atoms with Crippen LogP contribution in [0.4, 0.5) is 4.79 Å². The van der Waals surface area contributed by atoms with Crippen molar-refractivity contribution < 1.29 is 118 Å². The minimum atomic E-state index is -1.64. The van der Waals surface area contributed by atoms with Crippen LogP contribution in [0.2, 0.25) is 0 Å². The number of hydrogen-bond donors (Lipinski definition) is 16. The Morgan fingerprint density at radius 2 is 0.859 bits per heavy atom. The molecule has 32 nitrogen and oxygen atoms in total. The van der Waals surface area contributed by atoms with Crippen LogP contribution in [0, 0.1) is 0 Å². The number of amides is 6. The fraction of sp³-hybridized carbons (Fsp3) is 0.755. The van der Waals surface area contributed by atoms with Gasteiger partial charge in [0, 0.05) is 39.3 Å². The highest BCUT2D eigenvalue weighted by Crippen LogP contribution is 2.24. The second-order valence-corrected chi connectivity index (χ2v) is 20.9. The lowest BCUT2D eigenvalue weighted by molar-refractivity contribution is -0.292. The van der Waals surface area contributed by atoms with Crippen LogP contribution in [-0.2, 0) is 68.5 Å². The summed E-state index contributed by atoms with van der Waals surface area (Å²) in [7, 11) is 0. The molecule has 484 valence electrons. The lowest BCUT2D eigenvalue weighted by atomic mass is 10.0. The number of carboxylic acid groups (broad SMARTS) is 1. The van der Waals surface area contributed by atoms with Crippen LogP contribution in [0.3, 0.4) is 0 Å². The molecule has 0 radical (unpaired) electrons. The second-order valence-electron chi connectivity index (χ2n) is 20.9. The highest BCUT2D eigenvalue weighted by Gasteiger charge is 2.45. The van der Waals surface area contributed by atoms with Crippen molar-refractivity contribution >= 4 is 41.6 Å². The van der Waals surface area contributed by atoms with E-state index in [1.54, 1.807) is 0 Å². The maximum atomic E-state index is 14.2. The van der Waals surface area contributed by atoms with Gasteiger partial charge in [0.15, 0.2) is 18.9 Å². The minimum Gasteiger partial charge on any atom is -0.480 e. The molecule has 0 aromatic heterocycles. The van der Waals surface area contributed by atoms with E-state index in [-0.39, 0.29) is 78.4 Å². The molecule has 6 amide bonds. The first-order valence-corrected chi connectivity index (χ1v) is 28.4. The van der Waals surface area contributed by atoms with Crippen molar-refractivity contribution in [3.63, 3.8) is 0 Å². The van der Waals surface area contributed by atoms with E-state index in [4.69, 9.17) is 33.2 Å². The number of nitrogens with one attached hydrogen (secondary N) is 6. The number of aliphatic hydroxyl groups excluding tert-OH is 9. The molecule has 0 bridgehead atoms. The van der Waals surface area contributed by atoms with Crippen LogP contribution in [-0.4, -0.2) is 292 Å². The molecule has 3 aliphatic heterocycles. The summed E-state index contributed by atoms with van der Waals surface area (Å²) in [6.45, 7) is 0.941. The highest BCUT2D eigenvalue weighted by atomic mass is 16.7. The van der Waals surface area contributed by atoms with Gasteiger partial charge in [0.05, 0.1) is 76.9 Å². The van der Waals surface area contributed by atoms with Crippen molar-refractivity contribution in [1.82, 2.24) is 41.7 Å². The van der Waals surface area contributed by atoms with Gasteiger partial charge in [-0.1, -0.05) is 30.3 Å². The molecular weight excluding hydrogens is 1130 g/mol. The Kier molecular flexibility index (Phi) is 32.3. The van der Waals surface area contributed by atoms with Crippen molar-refractivity contribution in [2.45, 2.75) is 164 Å². The molecule has 16 atom stereocenters. The van der Waals surface area contributed by atoms with Crippen LogP contribution in [0.25, 0.3) is 0 Å². The number of carboxylic acids is 1. The topological polar surface area (TPSA) is 465 Å². The molecule has 0 saturated carbocycles. The third kappa shape index (κ3) is 25.5. The third-order valence-corrected chi connectivity index (χ3v) is 13.9. The Bertz CT molecular complexity index is 2140. The molecule has 0 aliphatic carbocycles. The number of unbranched alkanes of at least 4 members (excludes halogenated alkanes) is 3. The number of aliphatic carboxylic acids is 1. The van der Waals surface area contributed by atoms with Crippen LogP contribution in [0.1, 0.15) is 64.9 Å². The summed E-state index contributed by atoms with van der Waals surface area (Å²) in [6, 6.07) is 7.92. The summed E-state index contributed by atoms with van der Waals surface area (Å²) in [6.07, 6.45) is -19.1. The van der Waals surface area contributed by atoms with Crippen LogP contribution >= 0.6 is 0 Å². The molecule has 32 heteroatoms. The van der Waals surface area contributed by atoms with Crippen LogP contribution < -0.4 is 31.9 Å². The first-order chi connectivity index (χ1) is 40.5. The van der Waals surface area contributed by atoms with Gasteiger partial charge in [0.2, 0.25) is 29.5 Å². The van der Waals surface area contributed by atoms with E-state index in [9.17, 15) is 84.6 Å². The number of rotatable bonds is 37. The molecule has 4 rings (SSSR count). The zero-order chi connectivity index (χ0) is 62.6. The Morgan fingerprint density at radius 3 is 1.29 bits per heavy atom. The summed E-state index contributed by atoms with van der Waals surface area (Å²) in [4.78, 5) is 93.3. The average Bonchev–Trinajstić information content (AvgIpc) is 3.52. The van der Waals surface area contributed by atoms with Crippen LogP contribution in [0.5, 0.6) is 0 Å². The van der Waals surface area contributed by atoms with Gasteiger partial charge in [-0.15, -0.1) is 0 Å². The molecular formula is C53H88N8O24. The minimum absolute atomic E-state index is 0.000270. The van der Waals surface area contributed by atoms with Gasteiger partial charge >= 0.3 is 12.1 Å². The molecule has 3 heterocycles. The quantitative estimate of drug-likeness (QED) is 0.0275. The zero-order valence-electron chi connectivity index (χ0n) is 48.1. The molecule has 3 saturated heterocycles. The maximum absolute atomic E-state index is 14.2. The lowest BCUT2D eigenvalue weighted by Crippen LogP contribution is -2.58. The van der Waals surface area contributed by atoms with E-state index >= 15 is 0 Å². The molecule has 85 heavy (non-hydrogen) atoms. The third-order valence-electron chi connectivity index (χ3n) is 13.9. The van der Waals surface area contributed by atoms with Crippen molar-refractivity contribution in [3.8, 4) is 0 Å². The Balaban J connectivity index is 1.35.